The van der Waals surface area contributed by atoms with Crippen LogP contribution in [0.5, 0.6) is 5.75 Å². The molecule has 2 heterocycles. The van der Waals surface area contributed by atoms with Gasteiger partial charge >= 0.3 is 0 Å². The fourth-order valence-corrected chi connectivity index (χ4v) is 4.85. The summed E-state index contributed by atoms with van der Waals surface area (Å²) >= 11 is 6.35. The minimum atomic E-state index is -4.14. The molecule has 0 bridgehead atoms. The summed E-state index contributed by atoms with van der Waals surface area (Å²) in [6.07, 6.45) is 2.54. The highest BCUT2D eigenvalue weighted by atomic mass is 35.5. The Morgan fingerprint density at radius 2 is 1.87 bits per heavy atom. The number of pyridine rings is 1. The number of halogens is 1. The normalized spacial score (nSPS) is 11.5. The second-order valence-electron chi connectivity index (χ2n) is 8.70. The van der Waals surface area contributed by atoms with Crippen LogP contribution in [0.1, 0.15) is 23.2 Å². The molecule has 0 saturated carbocycles. The van der Waals surface area contributed by atoms with Gasteiger partial charge in [0, 0.05) is 24.2 Å². The fraction of sp³-hybridized carbons (Fsp3) is 0.231. The van der Waals surface area contributed by atoms with Crippen LogP contribution >= 0.6 is 11.6 Å². The Morgan fingerprint density at radius 1 is 1.05 bits per heavy atom. The molecule has 0 fully saturated rings. The van der Waals surface area contributed by atoms with Crippen molar-refractivity contribution in [1.29, 1.82) is 0 Å². The maximum absolute atomic E-state index is 13.4. The number of Topliss-reactive ketones (excluding diaryl/α,β-unsaturated/α-hetero) is 1. The molecule has 198 valence electrons. The molecule has 0 aliphatic carbocycles. The van der Waals surface area contributed by atoms with Gasteiger partial charge in [-0.25, -0.2) is 23.4 Å². The molecule has 10 nitrogen and oxygen atoms in total. The molecule has 2 aromatic carbocycles. The number of carbonyl (C=O) groups excluding carboxylic acids is 1. The third-order valence-electron chi connectivity index (χ3n) is 5.57. The maximum atomic E-state index is 13.4. The summed E-state index contributed by atoms with van der Waals surface area (Å²) < 4.78 is 34.6. The number of hydrogen-bond acceptors (Lipinski definition) is 9. The predicted octanol–water partition coefficient (Wildman–Crippen LogP) is 4.76. The summed E-state index contributed by atoms with van der Waals surface area (Å²) in [5.74, 6) is 0.436. The lowest BCUT2D eigenvalue weighted by atomic mass is 10.1. The summed E-state index contributed by atoms with van der Waals surface area (Å²) in [5, 5.41) is 3.40. The largest absolute Gasteiger partial charge is 0.497 e. The third kappa shape index (κ3) is 6.55. The van der Waals surface area contributed by atoms with Crippen LogP contribution in [0.15, 0.2) is 65.7 Å². The first kappa shape index (κ1) is 27.2. The van der Waals surface area contributed by atoms with Crippen LogP contribution in [0.2, 0.25) is 5.02 Å². The molecule has 0 saturated heterocycles. The molecule has 0 radical (unpaired) electrons. The molecule has 0 unspecified atom stereocenters. The summed E-state index contributed by atoms with van der Waals surface area (Å²) in [6, 6.07) is 14.3. The topological polar surface area (TPSA) is 126 Å². The van der Waals surface area contributed by atoms with Crippen molar-refractivity contribution in [3.05, 3.63) is 71.4 Å². The summed E-state index contributed by atoms with van der Waals surface area (Å²) in [5.41, 5.74) is 1.45. The molecule has 4 aromatic rings. The van der Waals surface area contributed by atoms with E-state index in [1.54, 1.807) is 48.7 Å². The zero-order valence-electron chi connectivity index (χ0n) is 21.1. The van der Waals surface area contributed by atoms with Crippen molar-refractivity contribution in [2.75, 3.05) is 37.8 Å². The number of nitrogens with zero attached hydrogens (tertiary/aromatic N) is 4. The molecule has 2 N–H and O–H groups in total. The minimum absolute atomic E-state index is 0.0629. The number of anilines is 3. The Balaban J connectivity index is 1.67. The van der Waals surface area contributed by atoms with Gasteiger partial charge < -0.3 is 15.0 Å². The first-order valence-electron chi connectivity index (χ1n) is 11.7. The van der Waals surface area contributed by atoms with E-state index in [1.807, 2.05) is 19.0 Å². The highest BCUT2D eigenvalue weighted by molar-refractivity contribution is 7.92. The SMILES string of the molecule is COc1ccc(Cl)c(Nc2nc3ncccc3nc2NS(=O)(=O)c2cccc(C(=O)CCCN(C)C)c2)c1. The molecule has 0 amide bonds. The van der Waals surface area contributed by atoms with Gasteiger partial charge in [-0.1, -0.05) is 23.7 Å². The van der Waals surface area contributed by atoms with E-state index in [0.29, 0.717) is 46.0 Å². The molecular weight excluding hydrogens is 528 g/mol. The molecular formula is C26H27ClN6O4S. The lowest BCUT2D eigenvalue weighted by Gasteiger charge is -2.15. The smallest absolute Gasteiger partial charge is 0.263 e. The van der Waals surface area contributed by atoms with Gasteiger partial charge in [-0.3, -0.25) is 9.52 Å². The highest BCUT2D eigenvalue weighted by Gasteiger charge is 2.21. The van der Waals surface area contributed by atoms with Crippen molar-refractivity contribution in [3.63, 3.8) is 0 Å². The number of ether oxygens (including phenoxy) is 1. The minimum Gasteiger partial charge on any atom is -0.497 e. The fourth-order valence-electron chi connectivity index (χ4n) is 3.63. The Bertz CT molecular complexity index is 1580. The monoisotopic (exact) mass is 554 g/mol. The molecule has 0 atom stereocenters. The Kier molecular flexibility index (Phi) is 8.40. The predicted molar refractivity (Wildman–Crippen MR) is 148 cm³/mol. The molecule has 4 rings (SSSR count). The van der Waals surface area contributed by atoms with Crippen molar-refractivity contribution in [3.8, 4) is 5.75 Å². The lowest BCUT2D eigenvalue weighted by molar-refractivity contribution is 0.0977. The van der Waals surface area contributed by atoms with Gasteiger partial charge in [-0.05, 0) is 63.5 Å². The summed E-state index contributed by atoms with van der Waals surface area (Å²) in [7, 11) is 1.24. The number of rotatable bonds is 11. The number of aromatic nitrogens is 3. The van der Waals surface area contributed by atoms with Gasteiger partial charge in [-0.2, -0.15) is 0 Å². The zero-order chi connectivity index (χ0) is 27.3. The third-order valence-corrected chi connectivity index (χ3v) is 7.24. The van der Waals surface area contributed by atoms with E-state index in [-0.39, 0.29) is 22.3 Å². The van der Waals surface area contributed by atoms with Crippen molar-refractivity contribution in [2.24, 2.45) is 0 Å². The number of benzene rings is 2. The second kappa shape index (κ2) is 11.7. The van der Waals surface area contributed by atoms with Crippen molar-refractivity contribution in [1.82, 2.24) is 19.9 Å². The van der Waals surface area contributed by atoms with E-state index in [1.165, 1.54) is 19.2 Å². The van der Waals surface area contributed by atoms with E-state index in [4.69, 9.17) is 16.3 Å². The van der Waals surface area contributed by atoms with Crippen molar-refractivity contribution in [2.45, 2.75) is 17.7 Å². The Hall–Kier alpha value is -3.80. The summed E-state index contributed by atoms with van der Waals surface area (Å²) in [6.45, 7) is 0.758. The number of carbonyl (C=O) groups is 1. The van der Waals surface area contributed by atoms with E-state index >= 15 is 0 Å². The van der Waals surface area contributed by atoms with Crippen LogP contribution in [-0.4, -0.2) is 61.8 Å². The van der Waals surface area contributed by atoms with Gasteiger partial charge in [0.2, 0.25) is 0 Å². The number of nitrogens with one attached hydrogen (secondary N) is 2. The lowest BCUT2D eigenvalue weighted by Crippen LogP contribution is -2.17. The highest BCUT2D eigenvalue weighted by Crippen LogP contribution is 2.32. The Morgan fingerprint density at radius 3 is 2.63 bits per heavy atom. The molecule has 2 aromatic heterocycles. The van der Waals surface area contributed by atoms with Crippen molar-refractivity contribution >= 4 is 55.9 Å². The van der Waals surface area contributed by atoms with E-state index < -0.39 is 10.0 Å². The molecule has 12 heteroatoms. The van der Waals surface area contributed by atoms with Gasteiger partial charge in [0.1, 0.15) is 11.3 Å². The molecule has 0 spiro atoms. The Labute approximate surface area is 226 Å². The van der Waals surface area contributed by atoms with Gasteiger partial charge in [0.05, 0.1) is 22.7 Å². The maximum Gasteiger partial charge on any atom is 0.263 e. The van der Waals surface area contributed by atoms with Crippen molar-refractivity contribution < 1.29 is 17.9 Å². The standard InChI is InChI=1S/C26H27ClN6O4S/c1-33(2)14-6-10-23(34)17-7-4-8-19(15-17)38(35,36)32-26-25(31-24-21(29-26)9-5-13-28-24)30-22-16-18(37-3)11-12-20(22)27/h4-5,7-9,11-13,15-16H,6,10,14H2,1-3H3,(H,29,32)(H,28,30,31). The number of fused-ring (bicyclic) bond motifs is 1. The molecule has 38 heavy (non-hydrogen) atoms. The number of methoxy groups -OCH3 is 1. The average Bonchev–Trinajstić information content (AvgIpc) is 2.90. The number of ketones is 1. The average molecular weight is 555 g/mol. The first-order valence-corrected chi connectivity index (χ1v) is 13.6. The quantitative estimate of drug-likeness (QED) is 0.252. The molecule has 0 aliphatic heterocycles. The molecule has 0 aliphatic rings. The van der Waals surface area contributed by atoms with Crippen LogP contribution in [-0.2, 0) is 10.0 Å². The summed E-state index contributed by atoms with van der Waals surface area (Å²) in [4.78, 5) is 27.7. The van der Waals surface area contributed by atoms with Crippen LogP contribution in [0.3, 0.4) is 0 Å². The van der Waals surface area contributed by atoms with E-state index in [0.717, 1.165) is 6.54 Å². The van der Waals surface area contributed by atoms with Crippen LogP contribution in [0, 0.1) is 0 Å². The van der Waals surface area contributed by atoms with Gasteiger partial charge in [0.25, 0.3) is 10.0 Å². The first-order chi connectivity index (χ1) is 18.2. The zero-order valence-corrected chi connectivity index (χ0v) is 22.7. The van der Waals surface area contributed by atoms with E-state index in [9.17, 15) is 13.2 Å². The van der Waals surface area contributed by atoms with Gasteiger partial charge in [-0.15, -0.1) is 0 Å². The number of sulfonamides is 1. The van der Waals surface area contributed by atoms with Crippen LogP contribution in [0.25, 0.3) is 11.2 Å². The van der Waals surface area contributed by atoms with Gasteiger partial charge in [0.15, 0.2) is 23.1 Å². The number of hydrogen-bond donors (Lipinski definition) is 2. The van der Waals surface area contributed by atoms with Crippen LogP contribution < -0.4 is 14.8 Å². The second-order valence-corrected chi connectivity index (χ2v) is 10.8. The van der Waals surface area contributed by atoms with E-state index in [2.05, 4.69) is 25.0 Å². The van der Waals surface area contributed by atoms with Crippen LogP contribution in [0.4, 0.5) is 17.3 Å².